The van der Waals surface area contributed by atoms with Crippen molar-refractivity contribution in [2.24, 2.45) is 0 Å². The van der Waals surface area contributed by atoms with Crippen LogP contribution in [0, 0.1) is 0 Å². The molecule has 6 heteroatoms. The van der Waals surface area contributed by atoms with Crippen molar-refractivity contribution in [2.75, 3.05) is 26.0 Å². The summed E-state index contributed by atoms with van der Waals surface area (Å²) < 4.78 is 7.23. The number of thiazole rings is 1. The molecular formula is C19H20N2O2S2. The molecule has 1 aromatic heterocycles. The van der Waals surface area contributed by atoms with Gasteiger partial charge in [0.15, 0.2) is 4.34 Å². The van der Waals surface area contributed by atoms with Crippen LogP contribution in [0.2, 0.25) is 0 Å². The van der Waals surface area contributed by atoms with E-state index < -0.39 is 0 Å². The molecule has 0 aliphatic heterocycles. The lowest BCUT2D eigenvalue weighted by atomic mass is 10.2. The molecule has 0 atom stereocenters. The van der Waals surface area contributed by atoms with Gasteiger partial charge in [0, 0.05) is 20.2 Å². The van der Waals surface area contributed by atoms with Crippen LogP contribution in [-0.2, 0) is 16.1 Å². The van der Waals surface area contributed by atoms with Crippen LogP contribution in [0.5, 0.6) is 0 Å². The third-order valence-corrected chi connectivity index (χ3v) is 5.89. The largest absolute Gasteiger partial charge is 0.383 e. The summed E-state index contributed by atoms with van der Waals surface area (Å²) in [5.41, 5.74) is 2.11. The summed E-state index contributed by atoms with van der Waals surface area (Å²) in [5.74, 6) is 0.487. The Morgan fingerprint density at radius 3 is 2.68 bits per heavy atom. The van der Waals surface area contributed by atoms with Crippen LogP contribution in [0.1, 0.15) is 5.56 Å². The molecule has 2 aromatic carbocycles. The number of hydrogen-bond donors (Lipinski definition) is 0. The number of methoxy groups -OCH3 is 1. The van der Waals surface area contributed by atoms with Crippen molar-refractivity contribution in [2.45, 2.75) is 10.9 Å². The molecule has 25 heavy (non-hydrogen) atoms. The van der Waals surface area contributed by atoms with Crippen molar-refractivity contribution in [1.29, 1.82) is 0 Å². The monoisotopic (exact) mass is 372 g/mol. The maximum Gasteiger partial charge on any atom is 0.233 e. The second kappa shape index (κ2) is 8.99. The smallest absolute Gasteiger partial charge is 0.233 e. The van der Waals surface area contributed by atoms with Gasteiger partial charge in [-0.25, -0.2) is 4.98 Å². The summed E-state index contributed by atoms with van der Waals surface area (Å²) in [6.07, 6.45) is 0. The zero-order valence-corrected chi connectivity index (χ0v) is 15.7. The van der Waals surface area contributed by atoms with E-state index in [0.717, 1.165) is 20.1 Å². The van der Waals surface area contributed by atoms with Crippen molar-refractivity contribution < 1.29 is 9.53 Å². The molecule has 130 valence electrons. The Morgan fingerprint density at radius 1 is 1.16 bits per heavy atom. The first-order chi connectivity index (χ1) is 12.3. The van der Waals surface area contributed by atoms with Crippen molar-refractivity contribution >= 4 is 39.2 Å². The highest BCUT2D eigenvalue weighted by molar-refractivity contribution is 8.01. The third-order valence-electron chi connectivity index (χ3n) is 3.73. The minimum Gasteiger partial charge on any atom is -0.383 e. The van der Waals surface area contributed by atoms with E-state index in [-0.39, 0.29) is 5.91 Å². The van der Waals surface area contributed by atoms with Crippen LogP contribution >= 0.6 is 23.1 Å². The van der Waals surface area contributed by atoms with Crippen LogP contribution in [0.15, 0.2) is 58.9 Å². The van der Waals surface area contributed by atoms with Gasteiger partial charge in [0.25, 0.3) is 0 Å². The van der Waals surface area contributed by atoms with Gasteiger partial charge >= 0.3 is 0 Å². The number of hydrogen-bond acceptors (Lipinski definition) is 5. The van der Waals surface area contributed by atoms with Gasteiger partial charge in [-0.3, -0.25) is 4.79 Å². The highest BCUT2D eigenvalue weighted by Gasteiger charge is 2.15. The molecule has 0 bridgehead atoms. The van der Waals surface area contributed by atoms with E-state index in [0.29, 0.717) is 25.4 Å². The Morgan fingerprint density at radius 2 is 1.92 bits per heavy atom. The average molecular weight is 373 g/mol. The Labute approximate surface area is 155 Å². The molecule has 0 spiro atoms. The first-order valence-electron chi connectivity index (χ1n) is 8.05. The lowest BCUT2D eigenvalue weighted by Crippen LogP contribution is -2.34. The molecule has 0 fully saturated rings. The van der Waals surface area contributed by atoms with E-state index in [4.69, 9.17) is 4.74 Å². The maximum atomic E-state index is 12.7. The fourth-order valence-corrected chi connectivity index (χ4v) is 4.40. The molecule has 0 unspecified atom stereocenters. The molecule has 3 rings (SSSR count). The Bertz CT molecular complexity index is 787. The van der Waals surface area contributed by atoms with Crippen LogP contribution in [-0.4, -0.2) is 41.8 Å². The SMILES string of the molecule is COCCN(Cc1ccccc1)C(=O)CSc1nc2ccccc2s1. The Balaban J connectivity index is 1.62. The highest BCUT2D eigenvalue weighted by Crippen LogP contribution is 2.29. The topological polar surface area (TPSA) is 42.4 Å². The van der Waals surface area contributed by atoms with Crippen molar-refractivity contribution in [3.8, 4) is 0 Å². The number of thioether (sulfide) groups is 1. The van der Waals surface area contributed by atoms with Gasteiger partial charge in [0.2, 0.25) is 5.91 Å². The molecule has 0 aliphatic carbocycles. The predicted octanol–water partition coefficient (Wildman–Crippen LogP) is 4.06. The quantitative estimate of drug-likeness (QED) is 0.559. The Kier molecular flexibility index (Phi) is 6.44. The molecule has 4 nitrogen and oxygen atoms in total. The zero-order valence-electron chi connectivity index (χ0n) is 14.1. The van der Waals surface area contributed by atoms with Crippen LogP contribution in [0.4, 0.5) is 0 Å². The van der Waals surface area contributed by atoms with Gasteiger partial charge < -0.3 is 9.64 Å². The van der Waals surface area contributed by atoms with Gasteiger partial charge in [-0.05, 0) is 17.7 Å². The second-order valence-electron chi connectivity index (χ2n) is 5.53. The number of fused-ring (bicyclic) bond motifs is 1. The van der Waals surface area contributed by atoms with Gasteiger partial charge in [0.1, 0.15) is 0 Å². The first kappa shape index (κ1) is 17.9. The lowest BCUT2D eigenvalue weighted by Gasteiger charge is -2.22. The molecule has 0 saturated carbocycles. The maximum absolute atomic E-state index is 12.7. The number of aromatic nitrogens is 1. The fourth-order valence-electron chi connectivity index (χ4n) is 2.42. The number of amides is 1. The molecule has 0 saturated heterocycles. The minimum absolute atomic E-state index is 0.102. The Hall–Kier alpha value is -1.89. The van der Waals surface area contributed by atoms with Crippen LogP contribution < -0.4 is 0 Å². The average Bonchev–Trinajstić information content (AvgIpc) is 3.07. The normalized spacial score (nSPS) is 10.9. The fraction of sp³-hybridized carbons (Fsp3) is 0.263. The number of ether oxygens (including phenoxy) is 1. The number of carbonyl (C=O) groups excluding carboxylic acids is 1. The standard InChI is InChI=1S/C19H20N2O2S2/c1-23-12-11-21(13-15-7-3-2-4-8-15)18(22)14-24-19-20-16-9-5-6-10-17(16)25-19/h2-10H,11-14H2,1H3. The summed E-state index contributed by atoms with van der Waals surface area (Å²) in [5, 5.41) is 0. The van der Waals surface area contributed by atoms with Crippen LogP contribution in [0.25, 0.3) is 10.2 Å². The van der Waals surface area contributed by atoms with E-state index >= 15 is 0 Å². The molecule has 0 aliphatic rings. The van der Waals surface area contributed by atoms with E-state index in [9.17, 15) is 4.79 Å². The molecule has 1 heterocycles. The van der Waals surface area contributed by atoms with Crippen molar-refractivity contribution in [3.05, 3.63) is 60.2 Å². The number of carbonyl (C=O) groups is 1. The molecule has 1 amide bonds. The molecule has 0 radical (unpaired) electrons. The van der Waals surface area contributed by atoms with Crippen molar-refractivity contribution in [3.63, 3.8) is 0 Å². The van der Waals surface area contributed by atoms with E-state index in [1.807, 2.05) is 53.4 Å². The highest BCUT2D eigenvalue weighted by atomic mass is 32.2. The third kappa shape index (κ3) is 5.04. The van der Waals surface area contributed by atoms with E-state index in [2.05, 4.69) is 11.1 Å². The lowest BCUT2D eigenvalue weighted by molar-refractivity contribution is -0.129. The van der Waals surface area contributed by atoms with Crippen molar-refractivity contribution in [1.82, 2.24) is 9.88 Å². The second-order valence-corrected chi connectivity index (χ2v) is 7.78. The number of rotatable bonds is 8. The van der Waals surface area contributed by atoms with E-state index in [1.54, 1.807) is 18.4 Å². The van der Waals surface area contributed by atoms with Gasteiger partial charge in [-0.15, -0.1) is 11.3 Å². The predicted molar refractivity (Wildman–Crippen MR) is 104 cm³/mol. The van der Waals surface area contributed by atoms with Crippen LogP contribution in [0.3, 0.4) is 0 Å². The molecule has 3 aromatic rings. The van der Waals surface area contributed by atoms with Gasteiger partial charge in [0.05, 0.1) is 22.6 Å². The number of benzene rings is 2. The van der Waals surface area contributed by atoms with Gasteiger partial charge in [-0.2, -0.15) is 0 Å². The summed E-state index contributed by atoms with van der Waals surface area (Å²) in [4.78, 5) is 19.1. The number of nitrogens with zero attached hydrogens (tertiary/aromatic N) is 2. The summed E-state index contributed by atoms with van der Waals surface area (Å²) in [7, 11) is 1.65. The molecule has 0 N–H and O–H groups in total. The number of para-hydroxylation sites is 1. The van der Waals surface area contributed by atoms with Gasteiger partial charge in [-0.1, -0.05) is 54.2 Å². The zero-order chi connectivity index (χ0) is 17.5. The summed E-state index contributed by atoms with van der Waals surface area (Å²) >= 11 is 3.13. The van der Waals surface area contributed by atoms with E-state index in [1.165, 1.54) is 11.8 Å². The minimum atomic E-state index is 0.102. The summed E-state index contributed by atoms with van der Waals surface area (Å²) in [6, 6.07) is 18.1. The molecular weight excluding hydrogens is 352 g/mol. The summed E-state index contributed by atoms with van der Waals surface area (Å²) in [6.45, 7) is 1.72. The first-order valence-corrected chi connectivity index (χ1v) is 9.85.